The molecular weight excluding hydrogens is 448 g/mol. The van der Waals surface area contributed by atoms with E-state index in [2.05, 4.69) is 16.0 Å². The van der Waals surface area contributed by atoms with Crippen molar-refractivity contribution in [3.05, 3.63) is 0 Å². The molecular formula is C21H40N6O7. The van der Waals surface area contributed by atoms with Gasteiger partial charge >= 0.3 is 5.97 Å². The van der Waals surface area contributed by atoms with Gasteiger partial charge in [-0.15, -0.1) is 0 Å². The number of carbonyl (C=O) groups excluding carboxylic acids is 4. The summed E-state index contributed by atoms with van der Waals surface area (Å²) in [5.74, 6) is -4.69. The average molecular weight is 489 g/mol. The van der Waals surface area contributed by atoms with Gasteiger partial charge in [-0.05, 0) is 38.6 Å². The zero-order valence-corrected chi connectivity index (χ0v) is 20.1. The fourth-order valence-corrected chi connectivity index (χ4v) is 3.06. The van der Waals surface area contributed by atoms with E-state index in [9.17, 15) is 34.2 Å². The average Bonchev–Trinajstić information content (AvgIpc) is 2.76. The van der Waals surface area contributed by atoms with Crippen LogP contribution >= 0.6 is 0 Å². The van der Waals surface area contributed by atoms with Crippen molar-refractivity contribution in [1.29, 1.82) is 0 Å². The number of carboxylic acid groups (broad SMARTS) is 1. The van der Waals surface area contributed by atoms with E-state index < -0.39 is 59.9 Å². The van der Waals surface area contributed by atoms with E-state index >= 15 is 0 Å². The van der Waals surface area contributed by atoms with Crippen molar-refractivity contribution in [3.63, 3.8) is 0 Å². The fraction of sp³-hybridized carbons (Fsp3) is 0.762. The molecule has 0 aliphatic heterocycles. The number of carbonyl (C=O) groups is 5. The second-order valence-corrected chi connectivity index (χ2v) is 8.39. The van der Waals surface area contributed by atoms with Gasteiger partial charge in [-0.3, -0.25) is 19.2 Å². The van der Waals surface area contributed by atoms with Gasteiger partial charge in [-0.1, -0.05) is 26.7 Å². The Morgan fingerprint density at radius 3 is 1.94 bits per heavy atom. The quantitative estimate of drug-likeness (QED) is 0.102. The molecule has 0 aromatic rings. The van der Waals surface area contributed by atoms with Gasteiger partial charge in [-0.2, -0.15) is 0 Å². The van der Waals surface area contributed by atoms with Gasteiger partial charge in [-0.25, -0.2) is 4.79 Å². The summed E-state index contributed by atoms with van der Waals surface area (Å²) in [6, 6.07) is -4.84. The lowest BCUT2D eigenvalue weighted by molar-refractivity contribution is -0.145. The molecule has 0 spiro atoms. The largest absolute Gasteiger partial charge is 0.480 e. The van der Waals surface area contributed by atoms with E-state index in [1.807, 2.05) is 6.92 Å². The van der Waals surface area contributed by atoms with Crippen LogP contribution in [-0.4, -0.2) is 76.6 Å². The Kier molecular flexibility index (Phi) is 14.7. The van der Waals surface area contributed by atoms with Crippen LogP contribution in [0.2, 0.25) is 0 Å². The summed E-state index contributed by atoms with van der Waals surface area (Å²) in [5.41, 5.74) is 16.5. The van der Waals surface area contributed by atoms with Gasteiger partial charge < -0.3 is 43.4 Å². The number of rotatable bonds is 17. The summed E-state index contributed by atoms with van der Waals surface area (Å²) in [7, 11) is 0. The lowest BCUT2D eigenvalue weighted by Gasteiger charge is -2.28. The summed E-state index contributed by atoms with van der Waals surface area (Å²) in [6.45, 7) is 5.20. The molecule has 11 N–H and O–H groups in total. The number of nitrogens with two attached hydrogens (primary N) is 3. The number of carboxylic acids is 1. The Bertz CT molecular complexity index is 703. The minimum Gasteiger partial charge on any atom is -0.480 e. The third kappa shape index (κ3) is 11.4. The molecule has 0 aromatic heterocycles. The van der Waals surface area contributed by atoms with Crippen LogP contribution in [-0.2, 0) is 24.0 Å². The maximum atomic E-state index is 13.0. The maximum absolute atomic E-state index is 13.0. The Balaban J connectivity index is 5.53. The third-order valence-corrected chi connectivity index (χ3v) is 5.46. The van der Waals surface area contributed by atoms with Crippen LogP contribution < -0.4 is 33.2 Å². The molecule has 13 nitrogen and oxygen atoms in total. The molecule has 0 radical (unpaired) electrons. The summed E-state index contributed by atoms with van der Waals surface area (Å²) in [5, 5.41) is 26.0. The number of primary amides is 1. The summed E-state index contributed by atoms with van der Waals surface area (Å²) in [4.78, 5) is 60.8. The van der Waals surface area contributed by atoms with Gasteiger partial charge in [0.25, 0.3) is 0 Å². The molecule has 13 heteroatoms. The second-order valence-electron chi connectivity index (χ2n) is 8.39. The fourth-order valence-electron chi connectivity index (χ4n) is 3.06. The highest BCUT2D eigenvalue weighted by atomic mass is 16.4. The predicted octanol–water partition coefficient (Wildman–Crippen LogP) is -2.33. The number of unbranched alkanes of at least 4 members (excludes halogenated alkanes) is 1. The number of aliphatic carboxylic acids is 1. The van der Waals surface area contributed by atoms with Crippen molar-refractivity contribution >= 4 is 29.6 Å². The first-order chi connectivity index (χ1) is 15.8. The molecule has 34 heavy (non-hydrogen) atoms. The van der Waals surface area contributed by atoms with Crippen molar-refractivity contribution in [2.75, 3.05) is 6.54 Å². The number of hydrogen-bond acceptors (Lipinski definition) is 8. The van der Waals surface area contributed by atoms with Crippen LogP contribution in [0.4, 0.5) is 0 Å². The third-order valence-electron chi connectivity index (χ3n) is 5.46. The molecule has 6 unspecified atom stereocenters. The minimum atomic E-state index is -1.63. The first-order valence-corrected chi connectivity index (χ1v) is 11.4. The van der Waals surface area contributed by atoms with Gasteiger partial charge in [0, 0.05) is 6.42 Å². The SMILES string of the molecule is CCC(C)C(NC(=O)C(N)CCCCN)C(=O)NC(CCC(N)=O)C(=O)NC(C(=O)O)C(C)O. The first-order valence-electron chi connectivity index (χ1n) is 11.4. The minimum absolute atomic E-state index is 0.209. The molecule has 0 saturated carbocycles. The molecule has 0 aromatic carbocycles. The Morgan fingerprint density at radius 1 is 0.882 bits per heavy atom. The van der Waals surface area contributed by atoms with Crippen LogP contribution in [0.3, 0.4) is 0 Å². The highest BCUT2D eigenvalue weighted by Crippen LogP contribution is 2.11. The number of amides is 4. The lowest BCUT2D eigenvalue weighted by Crippen LogP contribution is -2.59. The molecule has 196 valence electrons. The Labute approximate surface area is 199 Å². The lowest BCUT2D eigenvalue weighted by atomic mass is 9.96. The van der Waals surface area contributed by atoms with E-state index in [1.165, 1.54) is 6.92 Å². The molecule has 4 amide bonds. The molecule has 0 aliphatic carbocycles. The first kappa shape index (κ1) is 31.2. The van der Waals surface area contributed by atoms with Gasteiger partial charge in [0.2, 0.25) is 23.6 Å². The second kappa shape index (κ2) is 16.0. The summed E-state index contributed by atoms with van der Waals surface area (Å²) in [6.07, 6.45) is 0.364. The molecule has 0 bridgehead atoms. The Hall–Kier alpha value is -2.77. The van der Waals surface area contributed by atoms with Crippen molar-refractivity contribution < 1.29 is 34.2 Å². The predicted molar refractivity (Wildman–Crippen MR) is 124 cm³/mol. The van der Waals surface area contributed by atoms with Crippen molar-refractivity contribution in [1.82, 2.24) is 16.0 Å². The molecule has 0 heterocycles. The van der Waals surface area contributed by atoms with Gasteiger partial charge in [0.05, 0.1) is 12.1 Å². The van der Waals surface area contributed by atoms with Crippen LogP contribution in [0.15, 0.2) is 0 Å². The number of aliphatic hydroxyl groups is 1. The highest BCUT2D eigenvalue weighted by molar-refractivity contribution is 5.94. The van der Waals surface area contributed by atoms with Crippen molar-refractivity contribution in [2.24, 2.45) is 23.1 Å². The molecule has 0 saturated heterocycles. The van der Waals surface area contributed by atoms with Crippen LogP contribution in [0.25, 0.3) is 0 Å². The van der Waals surface area contributed by atoms with E-state index in [4.69, 9.17) is 17.2 Å². The van der Waals surface area contributed by atoms with E-state index in [-0.39, 0.29) is 18.8 Å². The standard InChI is InChI=1S/C21H40N6O7/c1-4-11(2)16(26-18(30)13(23)7-5-6-10-22)20(32)25-14(8-9-15(24)29)19(31)27-17(12(3)28)21(33)34/h11-14,16-17,28H,4-10,22-23H2,1-3H3,(H2,24,29)(H,25,32)(H,26,30)(H,27,31)(H,33,34). The smallest absolute Gasteiger partial charge is 0.328 e. The molecule has 0 aliphatic rings. The normalized spacial score (nSPS) is 16.3. The van der Waals surface area contributed by atoms with Gasteiger partial charge in [0.1, 0.15) is 12.1 Å². The monoisotopic (exact) mass is 488 g/mol. The van der Waals surface area contributed by atoms with Crippen LogP contribution in [0, 0.1) is 5.92 Å². The molecule has 6 atom stereocenters. The summed E-state index contributed by atoms with van der Waals surface area (Å²) >= 11 is 0. The van der Waals surface area contributed by atoms with E-state index in [0.717, 1.165) is 0 Å². The Morgan fingerprint density at radius 2 is 1.47 bits per heavy atom. The van der Waals surface area contributed by atoms with Crippen LogP contribution in [0.5, 0.6) is 0 Å². The zero-order valence-electron chi connectivity index (χ0n) is 20.1. The highest BCUT2D eigenvalue weighted by Gasteiger charge is 2.33. The van der Waals surface area contributed by atoms with Crippen molar-refractivity contribution in [2.45, 2.75) is 89.6 Å². The molecule has 0 fully saturated rings. The number of aliphatic hydroxyl groups excluding tert-OH is 1. The maximum Gasteiger partial charge on any atom is 0.328 e. The number of hydrogen-bond donors (Lipinski definition) is 8. The molecule has 0 rings (SSSR count). The zero-order chi connectivity index (χ0) is 26.4. The summed E-state index contributed by atoms with van der Waals surface area (Å²) < 4.78 is 0. The number of nitrogens with one attached hydrogen (secondary N) is 3. The van der Waals surface area contributed by atoms with E-state index in [1.54, 1.807) is 6.92 Å². The van der Waals surface area contributed by atoms with Crippen molar-refractivity contribution in [3.8, 4) is 0 Å². The topological polar surface area (TPSA) is 240 Å². The van der Waals surface area contributed by atoms with Gasteiger partial charge in [0.15, 0.2) is 6.04 Å². The van der Waals surface area contributed by atoms with Crippen LogP contribution in [0.1, 0.15) is 59.3 Å². The van der Waals surface area contributed by atoms with E-state index in [0.29, 0.717) is 32.2 Å².